The van der Waals surface area contributed by atoms with Gasteiger partial charge in [0, 0.05) is 10.4 Å². The van der Waals surface area contributed by atoms with Gasteiger partial charge in [0.25, 0.3) is 0 Å². The molecule has 2 amide bonds. The highest BCUT2D eigenvalue weighted by atomic mass is 32.1. The van der Waals surface area contributed by atoms with Gasteiger partial charge in [0.1, 0.15) is 13.1 Å². The molecule has 148 valence electrons. The Kier molecular flexibility index (Phi) is 6.49. The minimum atomic E-state index is -0.492. The molecule has 0 saturated carbocycles. The van der Waals surface area contributed by atoms with Crippen molar-refractivity contribution >= 4 is 23.3 Å². The number of ether oxygens (including phenoxy) is 1. The second kappa shape index (κ2) is 9.03. The van der Waals surface area contributed by atoms with Gasteiger partial charge >= 0.3 is 12.0 Å². The number of hydrogen-bond acceptors (Lipinski definition) is 4. The molecule has 3 rings (SSSR count). The number of carbonyl (C=O) groups excluding carboxylic acids is 2. The molecule has 3 N–H and O–H groups in total. The van der Waals surface area contributed by atoms with Crippen LogP contribution in [-0.4, -0.2) is 32.2 Å². The van der Waals surface area contributed by atoms with E-state index in [9.17, 15) is 9.59 Å². The van der Waals surface area contributed by atoms with Crippen LogP contribution in [0.5, 0.6) is 0 Å². The summed E-state index contributed by atoms with van der Waals surface area (Å²) in [5.74, 6) is -0.396. The lowest BCUT2D eigenvalue weighted by Gasteiger charge is -2.29. The molecule has 0 saturated heterocycles. The van der Waals surface area contributed by atoms with Gasteiger partial charge in [-0.05, 0) is 30.9 Å². The first-order valence-corrected chi connectivity index (χ1v) is 10.2. The number of hydrogen-bond donors (Lipinski definition) is 3. The summed E-state index contributed by atoms with van der Waals surface area (Å²) in [6.45, 7) is 5.46. The molecule has 2 aromatic rings. The molecule has 2 atom stereocenters. The molecule has 2 heterocycles. The first kappa shape index (κ1) is 20.1. The monoisotopic (exact) mass is 400 g/mol. The fourth-order valence-corrected chi connectivity index (χ4v) is 4.16. The Morgan fingerprint density at radius 1 is 1.21 bits per heavy atom. The van der Waals surface area contributed by atoms with Gasteiger partial charge < -0.3 is 20.3 Å². The first-order chi connectivity index (χ1) is 13.5. The molecule has 0 spiro atoms. The molecule has 0 radical (unpaired) electrons. The summed E-state index contributed by atoms with van der Waals surface area (Å²) in [4.78, 5) is 27.1. The highest BCUT2D eigenvalue weighted by Crippen LogP contribution is 2.30. The van der Waals surface area contributed by atoms with Crippen molar-refractivity contribution in [3.05, 3.63) is 69.1 Å². The number of nitrogens with one attached hydrogen (secondary N) is 3. The van der Waals surface area contributed by atoms with E-state index < -0.39 is 12.0 Å². The average Bonchev–Trinajstić information content (AvgIpc) is 3.18. The molecular weight excluding hydrogens is 374 g/mol. The maximum absolute atomic E-state index is 12.7. The number of benzene rings is 1. The third-order valence-electron chi connectivity index (χ3n) is 4.71. The Balaban J connectivity index is 1.90. The highest BCUT2D eigenvalue weighted by Gasteiger charge is 2.35. The Labute approximate surface area is 169 Å². The van der Waals surface area contributed by atoms with Gasteiger partial charge in [0.2, 0.25) is 0 Å². The summed E-state index contributed by atoms with van der Waals surface area (Å²) >= 11 is 1.50. The van der Waals surface area contributed by atoms with Crippen LogP contribution in [0, 0.1) is 6.92 Å². The van der Waals surface area contributed by atoms with E-state index in [1.54, 1.807) is 6.92 Å². The topological polar surface area (TPSA) is 71.9 Å². The minimum Gasteiger partial charge on any atom is -0.463 e. The highest BCUT2D eigenvalue weighted by molar-refractivity contribution is 7.10. The smallest absolute Gasteiger partial charge is 0.338 e. The van der Waals surface area contributed by atoms with Crippen molar-refractivity contribution in [1.29, 1.82) is 0 Å². The predicted octanol–water partition coefficient (Wildman–Crippen LogP) is 1.94. The van der Waals surface area contributed by atoms with Crippen molar-refractivity contribution in [2.75, 3.05) is 20.2 Å². The van der Waals surface area contributed by atoms with E-state index in [1.165, 1.54) is 27.4 Å². The fourth-order valence-electron chi connectivity index (χ4n) is 3.37. The number of amides is 2. The molecule has 6 nitrogen and oxygen atoms in total. The van der Waals surface area contributed by atoms with E-state index in [4.69, 9.17) is 4.74 Å². The van der Waals surface area contributed by atoms with Crippen LogP contribution in [-0.2, 0) is 16.1 Å². The molecule has 1 unspecified atom stereocenters. The molecule has 0 bridgehead atoms. The van der Waals surface area contributed by atoms with Crippen molar-refractivity contribution in [3.63, 3.8) is 0 Å². The van der Waals surface area contributed by atoms with Gasteiger partial charge in [0.05, 0.1) is 31.0 Å². The van der Waals surface area contributed by atoms with E-state index in [-0.39, 0.29) is 12.6 Å². The fraction of sp³-hybridized carbons (Fsp3) is 0.333. The number of quaternary nitrogens is 1. The molecule has 1 aromatic heterocycles. The van der Waals surface area contributed by atoms with Crippen molar-refractivity contribution in [2.45, 2.75) is 26.4 Å². The summed E-state index contributed by atoms with van der Waals surface area (Å²) in [6, 6.07) is 11.3. The van der Waals surface area contributed by atoms with Crippen molar-refractivity contribution in [1.82, 2.24) is 10.6 Å². The van der Waals surface area contributed by atoms with Gasteiger partial charge in [-0.2, -0.15) is 0 Å². The summed E-state index contributed by atoms with van der Waals surface area (Å²) in [7, 11) is 2.05. The second-order valence-corrected chi connectivity index (χ2v) is 7.88. The summed E-state index contributed by atoms with van der Waals surface area (Å²) in [5.41, 5.74) is 3.57. The lowest BCUT2D eigenvalue weighted by molar-refractivity contribution is -0.889. The van der Waals surface area contributed by atoms with Crippen LogP contribution in [0.4, 0.5) is 4.79 Å². The maximum Gasteiger partial charge on any atom is 0.338 e. The van der Waals surface area contributed by atoms with Crippen molar-refractivity contribution < 1.29 is 19.2 Å². The van der Waals surface area contributed by atoms with Gasteiger partial charge in [-0.1, -0.05) is 30.3 Å². The Bertz CT molecular complexity index is 877. The number of urea groups is 1. The van der Waals surface area contributed by atoms with Crippen LogP contribution in [0.1, 0.15) is 29.0 Å². The lowest BCUT2D eigenvalue weighted by Crippen LogP contribution is -3.08. The third-order valence-corrected chi connectivity index (χ3v) is 5.65. The Morgan fingerprint density at radius 2 is 2.00 bits per heavy atom. The van der Waals surface area contributed by atoms with Crippen LogP contribution in [0.3, 0.4) is 0 Å². The molecule has 1 aliphatic rings. The minimum absolute atomic E-state index is 0.284. The van der Waals surface area contributed by atoms with Crippen LogP contribution in [0.25, 0.3) is 0 Å². The third kappa shape index (κ3) is 4.61. The van der Waals surface area contributed by atoms with Crippen molar-refractivity contribution in [3.8, 4) is 0 Å². The van der Waals surface area contributed by atoms with Gasteiger partial charge in [0.15, 0.2) is 0 Å². The van der Waals surface area contributed by atoms with Gasteiger partial charge in [-0.3, -0.25) is 0 Å². The number of likely N-dealkylation sites (N-methyl/N-ethyl adjacent to an activating group) is 1. The number of rotatable bonds is 7. The molecule has 28 heavy (non-hydrogen) atoms. The Morgan fingerprint density at radius 3 is 2.68 bits per heavy atom. The summed E-state index contributed by atoms with van der Waals surface area (Å²) < 4.78 is 5.30. The number of aryl methyl sites for hydroxylation is 1. The zero-order valence-corrected chi connectivity index (χ0v) is 17.2. The number of carbonyl (C=O) groups is 2. The quantitative estimate of drug-likeness (QED) is 0.622. The van der Waals surface area contributed by atoms with Crippen LogP contribution in [0.2, 0.25) is 0 Å². The van der Waals surface area contributed by atoms with Gasteiger partial charge in [-0.25, -0.2) is 9.59 Å². The first-order valence-electron chi connectivity index (χ1n) is 9.36. The SMILES string of the molecule is CCOC(=O)C1=C(C[NH+](C)Cc2ccccc2C)NC(=O)N[C@@H]1c1cccs1. The summed E-state index contributed by atoms with van der Waals surface area (Å²) in [6.07, 6.45) is 0. The van der Waals surface area contributed by atoms with E-state index in [1.807, 2.05) is 29.6 Å². The molecular formula is C21H26N3O3S+. The molecule has 1 aliphatic heterocycles. The molecule has 0 fully saturated rings. The summed E-state index contributed by atoms with van der Waals surface area (Å²) in [5, 5.41) is 7.64. The molecule has 1 aromatic carbocycles. The van der Waals surface area contributed by atoms with Crippen LogP contribution < -0.4 is 15.5 Å². The van der Waals surface area contributed by atoms with Crippen LogP contribution >= 0.6 is 11.3 Å². The van der Waals surface area contributed by atoms with E-state index in [2.05, 4.69) is 36.7 Å². The second-order valence-electron chi connectivity index (χ2n) is 6.90. The maximum atomic E-state index is 12.7. The molecule has 0 aliphatic carbocycles. The van der Waals surface area contributed by atoms with E-state index in [0.29, 0.717) is 17.8 Å². The van der Waals surface area contributed by atoms with Crippen molar-refractivity contribution in [2.24, 2.45) is 0 Å². The Hall–Kier alpha value is -2.64. The zero-order chi connectivity index (χ0) is 20.1. The largest absolute Gasteiger partial charge is 0.463 e. The van der Waals surface area contributed by atoms with Crippen LogP contribution in [0.15, 0.2) is 53.0 Å². The normalized spacial score (nSPS) is 17.7. The number of thiophene rings is 1. The predicted molar refractivity (Wildman–Crippen MR) is 109 cm³/mol. The average molecular weight is 401 g/mol. The zero-order valence-electron chi connectivity index (χ0n) is 16.4. The van der Waals surface area contributed by atoms with E-state index >= 15 is 0 Å². The molecule has 7 heteroatoms. The van der Waals surface area contributed by atoms with Gasteiger partial charge in [-0.15, -0.1) is 11.3 Å². The number of esters is 1. The standard InChI is InChI=1S/C21H25N3O3S/c1-4-27-20(25)18-16(13-24(3)12-15-9-6-5-8-14(15)2)22-21(26)23-19(18)17-10-7-11-28-17/h5-11,19H,4,12-13H2,1-3H3,(H2,22,23,26)/p+1/t19-/m1/s1. The van der Waals surface area contributed by atoms with E-state index in [0.717, 1.165) is 11.4 Å². The lowest BCUT2D eigenvalue weighted by atomic mass is 10.0.